The molecule has 6 N–H and O–H groups in total. The van der Waals surface area contributed by atoms with Crippen LogP contribution in [0.1, 0.15) is 32.4 Å². The number of amides is 2. The lowest BCUT2D eigenvalue weighted by atomic mass is 10.1. The van der Waals surface area contributed by atoms with Crippen molar-refractivity contribution < 1.29 is 15.0 Å². The number of aliphatic hydroxyl groups excluding tert-OH is 1. The van der Waals surface area contributed by atoms with Crippen molar-refractivity contribution in [1.82, 2.24) is 5.32 Å². The van der Waals surface area contributed by atoms with Crippen LogP contribution in [0.2, 0.25) is 0 Å². The van der Waals surface area contributed by atoms with Crippen LogP contribution in [0.3, 0.4) is 0 Å². The first-order valence-electron chi connectivity index (χ1n) is 6.01. The van der Waals surface area contributed by atoms with E-state index in [0.717, 1.165) is 0 Å². The number of carbonyl (C=O) groups excluding carboxylic acids is 1. The SMILES string of the molecule is CC(C)(C)NCC(O)c1ccc(O)c(NC(N)=O)c1. The Kier molecular flexibility index (Phi) is 4.74. The van der Waals surface area contributed by atoms with E-state index >= 15 is 0 Å². The number of carbonyl (C=O) groups is 1. The highest BCUT2D eigenvalue weighted by molar-refractivity contribution is 5.89. The maximum absolute atomic E-state index is 10.8. The molecule has 0 saturated heterocycles. The summed E-state index contributed by atoms with van der Waals surface area (Å²) in [7, 11) is 0. The molecule has 0 saturated carbocycles. The Morgan fingerprint density at radius 1 is 1.42 bits per heavy atom. The third-order valence-corrected chi connectivity index (χ3v) is 2.49. The Labute approximate surface area is 112 Å². The molecule has 19 heavy (non-hydrogen) atoms. The quantitative estimate of drug-likeness (QED) is 0.530. The van der Waals surface area contributed by atoms with Crippen LogP contribution in [-0.2, 0) is 0 Å². The number of primary amides is 1. The summed E-state index contributed by atoms with van der Waals surface area (Å²) < 4.78 is 0. The Morgan fingerprint density at radius 2 is 2.05 bits per heavy atom. The molecule has 2 amide bonds. The molecule has 0 aromatic heterocycles. The number of hydrogen-bond donors (Lipinski definition) is 5. The van der Waals surface area contributed by atoms with Gasteiger partial charge in [-0.25, -0.2) is 4.79 Å². The maximum Gasteiger partial charge on any atom is 0.316 e. The van der Waals surface area contributed by atoms with E-state index in [9.17, 15) is 15.0 Å². The second-order valence-electron chi connectivity index (χ2n) is 5.41. The Bertz CT molecular complexity index is 455. The number of anilines is 1. The lowest BCUT2D eigenvalue weighted by molar-refractivity contribution is 0.163. The van der Waals surface area contributed by atoms with E-state index in [-0.39, 0.29) is 17.0 Å². The number of nitrogens with one attached hydrogen (secondary N) is 2. The molecule has 0 radical (unpaired) electrons. The summed E-state index contributed by atoms with van der Waals surface area (Å²) in [6, 6.07) is 3.72. The first-order valence-corrected chi connectivity index (χ1v) is 6.01. The fraction of sp³-hybridized carbons (Fsp3) is 0.462. The minimum absolute atomic E-state index is 0.0986. The highest BCUT2D eigenvalue weighted by Gasteiger charge is 2.15. The third-order valence-electron chi connectivity index (χ3n) is 2.49. The molecule has 0 spiro atoms. The maximum atomic E-state index is 10.8. The van der Waals surface area contributed by atoms with Crippen LogP contribution >= 0.6 is 0 Å². The zero-order valence-corrected chi connectivity index (χ0v) is 11.4. The van der Waals surface area contributed by atoms with Gasteiger partial charge in [0.1, 0.15) is 5.75 Å². The van der Waals surface area contributed by atoms with Gasteiger partial charge in [0.05, 0.1) is 11.8 Å². The van der Waals surface area contributed by atoms with Crippen LogP contribution in [0.5, 0.6) is 5.75 Å². The van der Waals surface area contributed by atoms with Crippen molar-refractivity contribution in [3.63, 3.8) is 0 Å². The molecule has 0 fully saturated rings. The Hall–Kier alpha value is -1.79. The van der Waals surface area contributed by atoms with Crippen molar-refractivity contribution in [2.45, 2.75) is 32.4 Å². The largest absolute Gasteiger partial charge is 0.506 e. The van der Waals surface area contributed by atoms with Gasteiger partial charge >= 0.3 is 6.03 Å². The lowest BCUT2D eigenvalue weighted by Crippen LogP contribution is -2.38. The normalized spacial score (nSPS) is 13.1. The van der Waals surface area contributed by atoms with Gasteiger partial charge < -0.3 is 26.6 Å². The second-order valence-corrected chi connectivity index (χ2v) is 5.41. The predicted molar refractivity (Wildman–Crippen MR) is 74.0 cm³/mol. The number of benzene rings is 1. The number of urea groups is 1. The van der Waals surface area contributed by atoms with Crippen LogP contribution in [0.4, 0.5) is 10.5 Å². The number of hydrogen-bond acceptors (Lipinski definition) is 4. The number of nitrogens with two attached hydrogens (primary N) is 1. The number of aromatic hydroxyl groups is 1. The summed E-state index contributed by atoms with van der Waals surface area (Å²) in [5.74, 6) is -0.0986. The fourth-order valence-corrected chi connectivity index (χ4v) is 1.51. The molecule has 0 aliphatic heterocycles. The van der Waals surface area contributed by atoms with E-state index in [1.54, 1.807) is 6.07 Å². The number of aliphatic hydroxyl groups is 1. The molecule has 6 heteroatoms. The molecule has 1 unspecified atom stereocenters. The monoisotopic (exact) mass is 267 g/mol. The van der Waals surface area contributed by atoms with Gasteiger partial charge in [-0.3, -0.25) is 0 Å². The van der Waals surface area contributed by atoms with Crippen LogP contribution < -0.4 is 16.4 Å². The van der Waals surface area contributed by atoms with Crippen molar-refractivity contribution in [3.05, 3.63) is 23.8 Å². The molecular weight excluding hydrogens is 246 g/mol. The molecule has 1 rings (SSSR count). The molecular formula is C13H21N3O3. The molecule has 106 valence electrons. The number of β-amino-alcohol motifs (C(OH)–C–C–N with tert-alkyl or cyclic N) is 1. The highest BCUT2D eigenvalue weighted by atomic mass is 16.3. The minimum Gasteiger partial charge on any atom is -0.506 e. The molecule has 0 heterocycles. The second kappa shape index (κ2) is 5.90. The Balaban J connectivity index is 2.80. The van der Waals surface area contributed by atoms with Crippen LogP contribution in [-0.4, -0.2) is 28.3 Å². The topological polar surface area (TPSA) is 108 Å². The van der Waals surface area contributed by atoms with E-state index < -0.39 is 12.1 Å². The van der Waals surface area contributed by atoms with Gasteiger partial charge in [0, 0.05) is 12.1 Å². The summed E-state index contributed by atoms with van der Waals surface area (Å²) in [5.41, 5.74) is 5.66. The van der Waals surface area contributed by atoms with Crippen molar-refractivity contribution >= 4 is 11.7 Å². The Morgan fingerprint density at radius 3 is 2.58 bits per heavy atom. The molecule has 1 aromatic carbocycles. The van der Waals surface area contributed by atoms with Crippen LogP contribution in [0.15, 0.2) is 18.2 Å². The van der Waals surface area contributed by atoms with E-state index in [1.807, 2.05) is 20.8 Å². The zero-order chi connectivity index (χ0) is 14.6. The van der Waals surface area contributed by atoms with E-state index in [0.29, 0.717) is 12.1 Å². The lowest BCUT2D eigenvalue weighted by Gasteiger charge is -2.23. The van der Waals surface area contributed by atoms with Gasteiger partial charge in [0.25, 0.3) is 0 Å². The molecule has 0 aliphatic rings. The summed E-state index contributed by atoms with van der Waals surface area (Å²) in [6.07, 6.45) is -0.742. The average Bonchev–Trinajstić information content (AvgIpc) is 2.27. The number of phenols is 1. The van der Waals surface area contributed by atoms with Crippen molar-refractivity contribution in [1.29, 1.82) is 0 Å². The van der Waals surface area contributed by atoms with E-state index in [2.05, 4.69) is 10.6 Å². The van der Waals surface area contributed by atoms with Crippen LogP contribution in [0.25, 0.3) is 0 Å². The summed E-state index contributed by atoms with van der Waals surface area (Å²) in [6.45, 7) is 6.36. The van der Waals surface area contributed by atoms with E-state index in [4.69, 9.17) is 5.73 Å². The molecule has 6 nitrogen and oxygen atoms in total. The standard InChI is InChI=1S/C13H21N3O3/c1-13(2,3)15-7-11(18)8-4-5-10(17)9(6-8)16-12(14)19/h4-6,11,15,17-18H,7H2,1-3H3,(H3,14,16,19). The first kappa shape index (κ1) is 15.3. The van der Waals surface area contributed by atoms with Gasteiger partial charge in [0.2, 0.25) is 0 Å². The van der Waals surface area contributed by atoms with Gasteiger partial charge in [-0.1, -0.05) is 6.07 Å². The van der Waals surface area contributed by atoms with E-state index in [1.165, 1.54) is 12.1 Å². The number of phenolic OH excluding ortho intramolecular Hbond substituents is 1. The summed E-state index contributed by atoms with van der Waals surface area (Å²) in [4.78, 5) is 10.8. The smallest absolute Gasteiger partial charge is 0.316 e. The molecule has 1 atom stereocenters. The van der Waals surface area contributed by atoms with Gasteiger partial charge in [-0.05, 0) is 38.5 Å². The first-order chi connectivity index (χ1) is 8.69. The van der Waals surface area contributed by atoms with Gasteiger partial charge in [0.15, 0.2) is 0 Å². The fourth-order valence-electron chi connectivity index (χ4n) is 1.51. The number of rotatable bonds is 4. The summed E-state index contributed by atoms with van der Waals surface area (Å²) in [5, 5.41) is 25.1. The van der Waals surface area contributed by atoms with Crippen molar-refractivity contribution in [2.24, 2.45) is 5.73 Å². The highest BCUT2D eigenvalue weighted by Crippen LogP contribution is 2.27. The summed E-state index contributed by atoms with van der Waals surface area (Å²) >= 11 is 0. The average molecular weight is 267 g/mol. The molecule has 0 aliphatic carbocycles. The van der Waals surface area contributed by atoms with Crippen molar-refractivity contribution in [3.8, 4) is 5.75 Å². The van der Waals surface area contributed by atoms with Gasteiger partial charge in [-0.15, -0.1) is 0 Å². The predicted octanol–water partition coefficient (Wildman–Crippen LogP) is 1.30. The molecule has 1 aromatic rings. The zero-order valence-electron chi connectivity index (χ0n) is 11.4. The van der Waals surface area contributed by atoms with Crippen molar-refractivity contribution in [2.75, 3.05) is 11.9 Å². The van der Waals surface area contributed by atoms with Crippen LogP contribution in [0, 0.1) is 0 Å². The van der Waals surface area contributed by atoms with Gasteiger partial charge in [-0.2, -0.15) is 0 Å². The minimum atomic E-state index is -0.769. The third kappa shape index (κ3) is 5.15. The molecule has 0 bridgehead atoms.